The summed E-state index contributed by atoms with van der Waals surface area (Å²) in [4.78, 5) is 35.1. The molecule has 9 heteroatoms. The summed E-state index contributed by atoms with van der Waals surface area (Å²) in [5.74, 6) is -3.88. The molecule has 0 aliphatic carbocycles. The number of halogens is 2. The largest absolute Gasteiger partial charge is 0.455 e. The summed E-state index contributed by atoms with van der Waals surface area (Å²) in [6.07, 6.45) is 0. The summed E-state index contributed by atoms with van der Waals surface area (Å²) in [5, 5.41) is 4.70. The summed E-state index contributed by atoms with van der Waals surface area (Å²) in [5.41, 5.74) is 1.05. The monoisotopic (exact) mass is 408 g/mol. The van der Waals surface area contributed by atoms with Crippen molar-refractivity contribution in [3.63, 3.8) is 0 Å². The van der Waals surface area contributed by atoms with Crippen molar-refractivity contribution in [2.24, 2.45) is 0 Å². The number of carbonyl (C=O) groups is 3. The van der Waals surface area contributed by atoms with E-state index in [0.717, 1.165) is 35.5 Å². The summed E-state index contributed by atoms with van der Waals surface area (Å²) >= 11 is 1.02. The first-order chi connectivity index (χ1) is 13.3. The van der Waals surface area contributed by atoms with E-state index in [2.05, 4.69) is 5.32 Å². The molecule has 0 fully saturated rings. The number of benzene rings is 2. The Hall–Kier alpha value is -2.94. The van der Waals surface area contributed by atoms with Crippen LogP contribution in [0.15, 0.2) is 42.5 Å². The molecule has 2 amide bonds. The van der Waals surface area contributed by atoms with Gasteiger partial charge in [0.2, 0.25) is 5.91 Å². The number of carbonyl (C=O) groups excluding carboxylic acids is 3. The van der Waals surface area contributed by atoms with Crippen LogP contribution >= 0.6 is 11.8 Å². The van der Waals surface area contributed by atoms with Crippen LogP contribution in [0.4, 0.5) is 20.2 Å². The van der Waals surface area contributed by atoms with Gasteiger partial charge in [0.25, 0.3) is 5.91 Å². The van der Waals surface area contributed by atoms with Gasteiger partial charge in [-0.05, 0) is 36.8 Å². The zero-order valence-corrected chi connectivity index (χ0v) is 15.8. The molecule has 28 heavy (non-hydrogen) atoms. The number of hydrogen-bond donors (Lipinski definition) is 2. The van der Waals surface area contributed by atoms with E-state index >= 15 is 0 Å². The van der Waals surface area contributed by atoms with Crippen LogP contribution in [0.2, 0.25) is 0 Å². The fourth-order valence-corrected chi connectivity index (χ4v) is 2.74. The third-order valence-corrected chi connectivity index (χ3v) is 4.25. The Morgan fingerprint density at radius 1 is 0.964 bits per heavy atom. The van der Waals surface area contributed by atoms with Gasteiger partial charge >= 0.3 is 5.97 Å². The lowest BCUT2D eigenvalue weighted by Gasteiger charge is -2.08. The third-order valence-electron chi connectivity index (χ3n) is 3.35. The van der Waals surface area contributed by atoms with E-state index < -0.39 is 35.8 Å². The molecule has 0 atom stereocenters. The first-order valence-electron chi connectivity index (χ1n) is 8.19. The van der Waals surface area contributed by atoms with Crippen molar-refractivity contribution < 1.29 is 27.9 Å². The van der Waals surface area contributed by atoms with Gasteiger partial charge in [0.15, 0.2) is 6.61 Å². The Labute approximate surface area is 164 Å². The fraction of sp³-hybridized carbons (Fsp3) is 0.211. The maximum absolute atomic E-state index is 13.4. The summed E-state index contributed by atoms with van der Waals surface area (Å²) in [6, 6.07) is 10.4. The highest BCUT2D eigenvalue weighted by molar-refractivity contribution is 8.00. The summed E-state index contributed by atoms with van der Waals surface area (Å²) < 4.78 is 31.6. The number of para-hydroxylation sites is 1. The second kappa shape index (κ2) is 10.4. The molecule has 0 radical (unpaired) electrons. The maximum atomic E-state index is 13.4. The summed E-state index contributed by atoms with van der Waals surface area (Å²) in [7, 11) is 0. The number of thioether (sulfide) groups is 1. The summed E-state index contributed by atoms with van der Waals surface area (Å²) in [6.45, 7) is 1.21. The normalized spacial score (nSPS) is 10.2. The highest BCUT2D eigenvalue weighted by atomic mass is 32.2. The van der Waals surface area contributed by atoms with Gasteiger partial charge in [-0.1, -0.05) is 18.2 Å². The highest BCUT2D eigenvalue weighted by Crippen LogP contribution is 2.17. The molecular weight excluding hydrogens is 390 g/mol. The molecule has 0 aliphatic rings. The topological polar surface area (TPSA) is 84.5 Å². The average molecular weight is 408 g/mol. The van der Waals surface area contributed by atoms with Crippen molar-refractivity contribution in [2.75, 3.05) is 28.7 Å². The molecule has 2 rings (SSSR count). The molecule has 0 aliphatic heterocycles. The number of ether oxygens (including phenoxy) is 1. The Bertz CT molecular complexity index is 857. The smallest absolute Gasteiger partial charge is 0.316 e. The van der Waals surface area contributed by atoms with Crippen molar-refractivity contribution in [3.05, 3.63) is 59.7 Å². The number of anilines is 2. The van der Waals surface area contributed by atoms with Crippen LogP contribution in [0.5, 0.6) is 0 Å². The standard InChI is InChI=1S/C19H18F2N2O4S/c1-12-4-2-5-13(8-12)22-17(25)10-28-11-18(26)27-9-16(24)23-19-14(20)6-3-7-15(19)21/h2-8H,9-11H2,1H3,(H,22,25)(H,23,24). The van der Waals surface area contributed by atoms with E-state index in [-0.39, 0.29) is 17.4 Å². The molecule has 2 N–H and O–H groups in total. The van der Waals surface area contributed by atoms with Gasteiger partial charge in [0, 0.05) is 5.69 Å². The van der Waals surface area contributed by atoms with Crippen molar-refractivity contribution in [1.82, 2.24) is 0 Å². The third kappa shape index (κ3) is 6.99. The van der Waals surface area contributed by atoms with Crippen molar-refractivity contribution in [3.8, 4) is 0 Å². The van der Waals surface area contributed by atoms with E-state index in [1.807, 2.05) is 30.4 Å². The second-order valence-electron chi connectivity index (χ2n) is 5.72. The molecule has 0 saturated carbocycles. The molecular formula is C19H18F2N2O4S. The van der Waals surface area contributed by atoms with Crippen LogP contribution in [0.3, 0.4) is 0 Å². The number of hydrogen-bond acceptors (Lipinski definition) is 5. The molecule has 0 heterocycles. The van der Waals surface area contributed by atoms with Gasteiger partial charge in [-0.3, -0.25) is 14.4 Å². The van der Waals surface area contributed by atoms with Crippen molar-refractivity contribution in [2.45, 2.75) is 6.92 Å². The zero-order valence-electron chi connectivity index (χ0n) is 15.0. The lowest BCUT2D eigenvalue weighted by molar-refractivity contribution is -0.144. The number of amides is 2. The van der Waals surface area contributed by atoms with Gasteiger partial charge < -0.3 is 15.4 Å². The number of nitrogens with one attached hydrogen (secondary N) is 2. The van der Waals surface area contributed by atoms with Crippen LogP contribution < -0.4 is 10.6 Å². The second-order valence-corrected chi connectivity index (χ2v) is 6.70. The predicted octanol–water partition coefficient (Wildman–Crippen LogP) is 3.13. The van der Waals surface area contributed by atoms with E-state index in [4.69, 9.17) is 4.74 Å². The van der Waals surface area contributed by atoms with Gasteiger partial charge in [-0.15, -0.1) is 11.8 Å². The fourth-order valence-electron chi connectivity index (χ4n) is 2.13. The van der Waals surface area contributed by atoms with Gasteiger partial charge in [0.1, 0.15) is 17.3 Å². The van der Waals surface area contributed by atoms with E-state index in [0.29, 0.717) is 5.69 Å². The minimum absolute atomic E-state index is 0.0235. The van der Waals surface area contributed by atoms with E-state index in [9.17, 15) is 23.2 Å². The average Bonchev–Trinajstić information content (AvgIpc) is 2.63. The SMILES string of the molecule is Cc1cccc(NC(=O)CSCC(=O)OCC(=O)Nc2c(F)cccc2F)c1. The van der Waals surface area contributed by atoms with Gasteiger partial charge in [-0.2, -0.15) is 0 Å². The van der Waals surface area contributed by atoms with Crippen LogP contribution in [-0.2, 0) is 19.1 Å². The molecule has 0 aromatic heterocycles. The number of aryl methyl sites for hydroxylation is 1. The molecule has 0 bridgehead atoms. The van der Waals surface area contributed by atoms with E-state index in [1.54, 1.807) is 6.07 Å². The first-order valence-corrected chi connectivity index (χ1v) is 9.34. The zero-order chi connectivity index (χ0) is 20.5. The first kappa shape index (κ1) is 21.4. The number of esters is 1. The maximum Gasteiger partial charge on any atom is 0.316 e. The van der Waals surface area contributed by atoms with Gasteiger partial charge in [-0.25, -0.2) is 8.78 Å². The predicted molar refractivity (Wildman–Crippen MR) is 103 cm³/mol. The quantitative estimate of drug-likeness (QED) is 0.656. The lowest BCUT2D eigenvalue weighted by Crippen LogP contribution is -2.23. The molecule has 2 aromatic rings. The molecule has 0 unspecified atom stereocenters. The van der Waals surface area contributed by atoms with Crippen LogP contribution in [-0.4, -0.2) is 35.9 Å². The molecule has 148 valence electrons. The highest BCUT2D eigenvalue weighted by Gasteiger charge is 2.14. The minimum atomic E-state index is -0.935. The van der Waals surface area contributed by atoms with Crippen LogP contribution in [0.1, 0.15) is 5.56 Å². The Morgan fingerprint density at radius 3 is 2.32 bits per heavy atom. The lowest BCUT2D eigenvalue weighted by atomic mass is 10.2. The Kier molecular flexibility index (Phi) is 7.94. The minimum Gasteiger partial charge on any atom is -0.455 e. The molecule has 0 spiro atoms. The Morgan fingerprint density at radius 2 is 1.64 bits per heavy atom. The molecule has 6 nitrogen and oxygen atoms in total. The van der Waals surface area contributed by atoms with Crippen molar-refractivity contribution in [1.29, 1.82) is 0 Å². The molecule has 0 saturated heterocycles. The number of rotatable bonds is 8. The van der Waals surface area contributed by atoms with E-state index in [1.165, 1.54) is 0 Å². The van der Waals surface area contributed by atoms with Crippen LogP contribution in [0, 0.1) is 18.6 Å². The van der Waals surface area contributed by atoms with Crippen LogP contribution in [0.25, 0.3) is 0 Å². The van der Waals surface area contributed by atoms with Crippen molar-refractivity contribution >= 4 is 40.9 Å². The molecule has 2 aromatic carbocycles. The van der Waals surface area contributed by atoms with Gasteiger partial charge in [0.05, 0.1) is 11.5 Å². The Balaban J connectivity index is 1.67.